The van der Waals surface area contributed by atoms with Crippen LogP contribution in [-0.4, -0.2) is 42.1 Å². The Kier molecular flexibility index (Phi) is 5.58. The molecule has 1 aromatic carbocycles. The predicted molar refractivity (Wildman–Crippen MR) is 74.5 cm³/mol. The summed E-state index contributed by atoms with van der Waals surface area (Å²) in [6.07, 6.45) is 0. The number of benzene rings is 1. The van der Waals surface area contributed by atoms with Crippen LogP contribution in [0.25, 0.3) is 0 Å². The van der Waals surface area contributed by atoms with Crippen molar-refractivity contribution in [3.8, 4) is 0 Å². The Morgan fingerprint density at radius 1 is 1.22 bits per heavy atom. The highest BCUT2D eigenvalue weighted by Gasteiger charge is 2.12. The third-order valence-corrected chi connectivity index (χ3v) is 4.18. The fourth-order valence-corrected chi connectivity index (χ4v) is 2.60. The second kappa shape index (κ2) is 6.72. The van der Waals surface area contributed by atoms with Crippen LogP contribution in [0.4, 0.5) is 5.69 Å². The van der Waals surface area contributed by atoms with E-state index in [1.807, 2.05) is 26.2 Å². The van der Waals surface area contributed by atoms with Gasteiger partial charge in [-0.3, -0.25) is 0 Å². The Hall–Kier alpha value is -1.11. The molecule has 0 aromatic heterocycles. The topological polar surface area (TPSA) is 61.4 Å². The first-order chi connectivity index (χ1) is 8.51. The van der Waals surface area contributed by atoms with Gasteiger partial charge in [0.15, 0.2) is 0 Å². The number of likely N-dealkylation sites (N-methyl/N-ethyl adjacent to an activating group) is 2. The largest absolute Gasteiger partial charge is 0.373 e. The predicted octanol–water partition coefficient (Wildman–Crippen LogP) is 0.640. The minimum atomic E-state index is -3.35. The minimum Gasteiger partial charge on any atom is -0.373 e. The molecular weight excluding hydrogens is 250 g/mol. The van der Waals surface area contributed by atoms with E-state index in [0.29, 0.717) is 11.4 Å². The highest BCUT2D eigenvalue weighted by Crippen LogP contribution is 2.16. The summed E-state index contributed by atoms with van der Waals surface area (Å²) in [5.74, 6) is 0. The molecule has 6 heteroatoms. The average Bonchev–Trinajstić information content (AvgIpc) is 2.36. The summed E-state index contributed by atoms with van der Waals surface area (Å²) in [7, 11) is 0.529. The SMILES string of the molecule is CCNS(=O)(=O)c1ccc(N(C)CCNC)cc1. The van der Waals surface area contributed by atoms with Crippen molar-refractivity contribution < 1.29 is 8.42 Å². The maximum Gasteiger partial charge on any atom is 0.240 e. The van der Waals surface area contributed by atoms with Crippen molar-refractivity contribution in [3.05, 3.63) is 24.3 Å². The van der Waals surface area contributed by atoms with Crippen LogP contribution in [0.15, 0.2) is 29.2 Å². The second-order valence-corrected chi connectivity index (χ2v) is 5.79. The molecule has 18 heavy (non-hydrogen) atoms. The first kappa shape index (κ1) is 14.9. The molecule has 1 rings (SSSR count). The van der Waals surface area contributed by atoms with Crippen molar-refractivity contribution in [2.75, 3.05) is 38.6 Å². The zero-order valence-electron chi connectivity index (χ0n) is 11.1. The smallest absolute Gasteiger partial charge is 0.240 e. The summed E-state index contributed by atoms with van der Waals surface area (Å²) < 4.78 is 26.0. The van der Waals surface area contributed by atoms with Gasteiger partial charge in [-0.25, -0.2) is 13.1 Å². The van der Waals surface area contributed by atoms with E-state index >= 15 is 0 Å². The summed E-state index contributed by atoms with van der Waals surface area (Å²) in [5.41, 5.74) is 1.00. The number of hydrogen-bond acceptors (Lipinski definition) is 4. The summed E-state index contributed by atoms with van der Waals surface area (Å²) in [4.78, 5) is 2.37. The molecule has 0 saturated heterocycles. The molecule has 0 radical (unpaired) electrons. The zero-order chi connectivity index (χ0) is 13.6. The number of sulfonamides is 1. The quantitative estimate of drug-likeness (QED) is 0.764. The molecule has 0 aliphatic heterocycles. The maximum atomic E-state index is 11.8. The third kappa shape index (κ3) is 3.97. The third-order valence-electron chi connectivity index (χ3n) is 2.62. The van der Waals surface area contributed by atoms with E-state index in [1.54, 1.807) is 19.1 Å². The van der Waals surface area contributed by atoms with Gasteiger partial charge in [-0.2, -0.15) is 0 Å². The van der Waals surface area contributed by atoms with Crippen molar-refractivity contribution >= 4 is 15.7 Å². The van der Waals surface area contributed by atoms with Gasteiger partial charge in [0, 0.05) is 32.4 Å². The number of anilines is 1. The number of hydrogen-bond donors (Lipinski definition) is 2. The van der Waals surface area contributed by atoms with Gasteiger partial charge in [0.25, 0.3) is 0 Å². The molecule has 0 atom stereocenters. The number of rotatable bonds is 7. The monoisotopic (exact) mass is 271 g/mol. The van der Waals surface area contributed by atoms with E-state index in [4.69, 9.17) is 0 Å². The van der Waals surface area contributed by atoms with E-state index < -0.39 is 10.0 Å². The Labute approximate surface area is 109 Å². The summed E-state index contributed by atoms with van der Waals surface area (Å²) in [6, 6.07) is 6.90. The van der Waals surface area contributed by atoms with E-state index in [1.165, 1.54) is 0 Å². The Morgan fingerprint density at radius 2 is 1.83 bits per heavy atom. The molecule has 2 N–H and O–H groups in total. The van der Waals surface area contributed by atoms with Gasteiger partial charge in [0.1, 0.15) is 0 Å². The van der Waals surface area contributed by atoms with Gasteiger partial charge in [0.2, 0.25) is 10.0 Å². The van der Waals surface area contributed by atoms with E-state index in [9.17, 15) is 8.42 Å². The molecule has 0 spiro atoms. The van der Waals surface area contributed by atoms with Gasteiger partial charge < -0.3 is 10.2 Å². The van der Waals surface area contributed by atoms with Gasteiger partial charge in [-0.15, -0.1) is 0 Å². The standard InChI is InChI=1S/C12H21N3O2S/c1-4-14-18(16,17)12-7-5-11(6-8-12)15(3)10-9-13-2/h5-8,13-14H,4,9-10H2,1-3H3. The first-order valence-electron chi connectivity index (χ1n) is 5.96. The maximum absolute atomic E-state index is 11.8. The lowest BCUT2D eigenvalue weighted by Gasteiger charge is -2.19. The van der Waals surface area contributed by atoms with E-state index in [0.717, 1.165) is 18.8 Å². The fraction of sp³-hybridized carbons (Fsp3) is 0.500. The van der Waals surface area contributed by atoms with Crippen molar-refractivity contribution in [2.45, 2.75) is 11.8 Å². The van der Waals surface area contributed by atoms with E-state index in [2.05, 4.69) is 14.9 Å². The van der Waals surface area contributed by atoms with Gasteiger partial charge >= 0.3 is 0 Å². The molecule has 0 unspecified atom stereocenters. The van der Waals surface area contributed by atoms with Crippen LogP contribution in [0.5, 0.6) is 0 Å². The van der Waals surface area contributed by atoms with Crippen LogP contribution in [0.2, 0.25) is 0 Å². The lowest BCUT2D eigenvalue weighted by Crippen LogP contribution is -2.27. The lowest BCUT2D eigenvalue weighted by atomic mass is 10.3. The van der Waals surface area contributed by atoms with Crippen molar-refractivity contribution in [1.29, 1.82) is 0 Å². The fourth-order valence-electron chi connectivity index (χ4n) is 1.56. The van der Waals surface area contributed by atoms with Gasteiger partial charge in [0.05, 0.1) is 4.90 Å². The number of nitrogens with zero attached hydrogens (tertiary/aromatic N) is 1. The van der Waals surface area contributed by atoms with Crippen molar-refractivity contribution in [1.82, 2.24) is 10.0 Å². The summed E-state index contributed by atoms with van der Waals surface area (Å²) >= 11 is 0. The molecular formula is C12H21N3O2S. The second-order valence-electron chi connectivity index (χ2n) is 4.02. The van der Waals surface area contributed by atoms with Gasteiger partial charge in [-0.1, -0.05) is 6.92 Å². The highest BCUT2D eigenvalue weighted by atomic mass is 32.2. The van der Waals surface area contributed by atoms with Crippen LogP contribution >= 0.6 is 0 Å². The molecule has 0 amide bonds. The highest BCUT2D eigenvalue weighted by molar-refractivity contribution is 7.89. The normalized spacial score (nSPS) is 11.5. The summed E-state index contributed by atoms with van der Waals surface area (Å²) in [6.45, 7) is 3.91. The summed E-state index contributed by atoms with van der Waals surface area (Å²) in [5, 5.41) is 3.07. The Bertz CT molecular complexity index is 457. The van der Waals surface area contributed by atoms with Crippen LogP contribution in [0.3, 0.4) is 0 Å². The lowest BCUT2D eigenvalue weighted by molar-refractivity contribution is 0.584. The molecule has 0 aliphatic rings. The first-order valence-corrected chi connectivity index (χ1v) is 7.45. The molecule has 1 aromatic rings. The van der Waals surface area contributed by atoms with Gasteiger partial charge in [-0.05, 0) is 31.3 Å². The van der Waals surface area contributed by atoms with Crippen LogP contribution in [0, 0.1) is 0 Å². The van der Waals surface area contributed by atoms with Crippen LogP contribution < -0.4 is 14.9 Å². The van der Waals surface area contributed by atoms with Crippen molar-refractivity contribution in [3.63, 3.8) is 0 Å². The molecule has 0 heterocycles. The van der Waals surface area contributed by atoms with Crippen LogP contribution in [-0.2, 0) is 10.0 Å². The molecule has 0 saturated carbocycles. The average molecular weight is 271 g/mol. The zero-order valence-corrected chi connectivity index (χ0v) is 11.9. The molecule has 5 nitrogen and oxygen atoms in total. The molecule has 102 valence electrons. The molecule has 0 aliphatic carbocycles. The molecule has 0 bridgehead atoms. The molecule has 0 fully saturated rings. The van der Waals surface area contributed by atoms with E-state index in [-0.39, 0.29) is 0 Å². The minimum absolute atomic E-state index is 0.301. The Balaban J connectivity index is 2.80. The van der Waals surface area contributed by atoms with Crippen molar-refractivity contribution in [2.24, 2.45) is 0 Å². The Morgan fingerprint density at radius 3 is 2.33 bits per heavy atom. The number of nitrogens with one attached hydrogen (secondary N) is 2. The van der Waals surface area contributed by atoms with Crippen LogP contribution in [0.1, 0.15) is 6.92 Å².